The van der Waals surface area contributed by atoms with Gasteiger partial charge < -0.3 is 15.0 Å². The van der Waals surface area contributed by atoms with Gasteiger partial charge in [0.25, 0.3) is 5.69 Å². The number of rotatable bonds is 4. The quantitative estimate of drug-likeness (QED) is 0.655. The molecule has 0 radical (unpaired) electrons. The lowest BCUT2D eigenvalue weighted by atomic mass is 10.0. The highest BCUT2D eigenvalue weighted by Crippen LogP contribution is 2.34. The monoisotopic (exact) mass is 355 g/mol. The summed E-state index contributed by atoms with van der Waals surface area (Å²) < 4.78 is 5.19. The Labute approximate surface area is 151 Å². The normalized spacial score (nSPS) is 16.4. The number of methoxy groups -OCH3 is 1. The van der Waals surface area contributed by atoms with Crippen molar-refractivity contribution in [2.75, 3.05) is 19.0 Å². The van der Waals surface area contributed by atoms with Gasteiger partial charge in [-0.3, -0.25) is 10.1 Å². The Bertz CT molecular complexity index is 820. The number of non-ortho nitro benzene ring substituents is 1. The van der Waals surface area contributed by atoms with E-state index in [4.69, 9.17) is 4.74 Å². The lowest BCUT2D eigenvalue weighted by Gasteiger charge is -2.26. The van der Waals surface area contributed by atoms with Gasteiger partial charge in [0.15, 0.2) is 0 Å². The number of nitro groups is 1. The second-order valence-corrected chi connectivity index (χ2v) is 6.33. The number of likely N-dealkylation sites (tertiary alicyclic amines) is 1. The van der Waals surface area contributed by atoms with Crippen LogP contribution in [0.4, 0.5) is 16.2 Å². The van der Waals surface area contributed by atoms with Crippen molar-refractivity contribution >= 4 is 17.4 Å². The van der Waals surface area contributed by atoms with Gasteiger partial charge in [-0.25, -0.2) is 4.79 Å². The van der Waals surface area contributed by atoms with Crippen molar-refractivity contribution in [3.8, 4) is 5.75 Å². The molecule has 26 heavy (non-hydrogen) atoms. The Balaban J connectivity index is 1.78. The standard InChI is InChI=1S/C19H21N3O4/c1-13-5-7-14(8-6-13)17-4-3-11-21(17)19(23)20-16-10-9-15(22(24)25)12-18(16)26-2/h5-10,12,17H,3-4,11H2,1-2H3,(H,20,23)/t17-/m1/s1. The first-order valence-electron chi connectivity index (χ1n) is 8.46. The minimum atomic E-state index is -0.498. The molecule has 0 spiro atoms. The van der Waals surface area contributed by atoms with Crippen LogP contribution < -0.4 is 10.1 Å². The van der Waals surface area contributed by atoms with Crippen LogP contribution in [0.2, 0.25) is 0 Å². The summed E-state index contributed by atoms with van der Waals surface area (Å²) in [6, 6.07) is 12.1. The van der Waals surface area contributed by atoms with Gasteiger partial charge in [0, 0.05) is 12.6 Å². The molecule has 1 heterocycles. The molecule has 0 bridgehead atoms. The molecule has 0 saturated carbocycles. The third kappa shape index (κ3) is 3.61. The summed E-state index contributed by atoms with van der Waals surface area (Å²) in [4.78, 5) is 25.0. The minimum absolute atomic E-state index is 0.0274. The molecule has 136 valence electrons. The first-order valence-corrected chi connectivity index (χ1v) is 8.46. The van der Waals surface area contributed by atoms with Crippen LogP contribution in [-0.2, 0) is 0 Å². The van der Waals surface area contributed by atoms with Crippen LogP contribution in [0.5, 0.6) is 5.75 Å². The first-order chi connectivity index (χ1) is 12.5. The average Bonchev–Trinajstić information content (AvgIpc) is 3.12. The Morgan fingerprint density at radius 2 is 2.00 bits per heavy atom. The number of amides is 2. The van der Waals surface area contributed by atoms with Crippen molar-refractivity contribution in [1.82, 2.24) is 4.90 Å². The minimum Gasteiger partial charge on any atom is -0.494 e. The largest absolute Gasteiger partial charge is 0.494 e. The number of nitrogens with zero attached hydrogens (tertiary/aromatic N) is 2. The number of aryl methyl sites for hydroxylation is 1. The molecule has 1 fully saturated rings. The lowest BCUT2D eigenvalue weighted by Crippen LogP contribution is -2.34. The van der Waals surface area contributed by atoms with Crippen LogP contribution in [0.3, 0.4) is 0 Å². The zero-order valence-corrected chi connectivity index (χ0v) is 14.8. The number of carbonyl (C=O) groups excluding carboxylic acids is 1. The van der Waals surface area contributed by atoms with Crippen molar-refractivity contribution in [2.24, 2.45) is 0 Å². The number of hydrogen-bond donors (Lipinski definition) is 1. The Morgan fingerprint density at radius 1 is 1.27 bits per heavy atom. The van der Waals surface area contributed by atoms with Crippen LogP contribution in [0.15, 0.2) is 42.5 Å². The summed E-state index contributed by atoms with van der Waals surface area (Å²) in [6.45, 7) is 2.70. The molecular weight excluding hydrogens is 334 g/mol. The van der Waals surface area contributed by atoms with Gasteiger partial charge >= 0.3 is 6.03 Å². The van der Waals surface area contributed by atoms with Gasteiger partial charge in [0.1, 0.15) is 5.75 Å². The molecule has 2 aromatic carbocycles. The molecule has 1 aliphatic heterocycles. The highest BCUT2D eigenvalue weighted by Gasteiger charge is 2.30. The van der Waals surface area contributed by atoms with Crippen molar-refractivity contribution in [3.05, 3.63) is 63.7 Å². The second-order valence-electron chi connectivity index (χ2n) is 6.33. The predicted octanol–water partition coefficient (Wildman–Crippen LogP) is 4.28. The molecule has 3 rings (SSSR count). The fourth-order valence-electron chi connectivity index (χ4n) is 3.23. The summed E-state index contributed by atoms with van der Waals surface area (Å²) in [7, 11) is 1.42. The van der Waals surface area contributed by atoms with Gasteiger partial charge in [-0.2, -0.15) is 0 Å². The number of benzene rings is 2. The molecule has 0 aliphatic carbocycles. The maximum atomic E-state index is 12.8. The van der Waals surface area contributed by atoms with Crippen molar-refractivity contribution in [3.63, 3.8) is 0 Å². The smallest absolute Gasteiger partial charge is 0.322 e. The molecule has 2 aromatic rings. The average molecular weight is 355 g/mol. The number of nitrogens with one attached hydrogen (secondary N) is 1. The third-order valence-electron chi connectivity index (χ3n) is 4.61. The van der Waals surface area contributed by atoms with Crippen molar-refractivity contribution in [1.29, 1.82) is 0 Å². The van der Waals surface area contributed by atoms with Gasteiger partial charge in [0.05, 0.1) is 29.8 Å². The van der Waals surface area contributed by atoms with Crippen molar-refractivity contribution in [2.45, 2.75) is 25.8 Å². The van der Waals surface area contributed by atoms with E-state index in [9.17, 15) is 14.9 Å². The summed E-state index contributed by atoms with van der Waals surface area (Å²) in [5.74, 6) is 0.263. The Kier molecular flexibility index (Phi) is 5.06. The number of carbonyl (C=O) groups is 1. The summed E-state index contributed by atoms with van der Waals surface area (Å²) in [6.07, 6.45) is 1.84. The Hall–Kier alpha value is -3.09. The predicted molar refractivity (Wildman–Crippen MR) is 98.5 cm³/mol. The van der Waals surface area contributed by atoms with Crippen molar-refractivity contribution < 1.29 is 14.5 Å². The van der Waals surface area contributed by atoms with E-state index in [0.717, 1.165) is 18.4 Å². The highest BCUT2D eigenvalue weighted by molar-refractivity contribution is 5.91. The highest BCUT2D eigenvalue weighted by atomic mass is 16.6. The topological polar surface area (TPSA) is 84.7 Å². The number of urea groups is 1. The van der Waals surface area contributed by atoms with E-state index in [1.807, 2.05) is 19.1 Å². The fourth-order valence-corrected chi connectivity index (χ4v) is 3.23. The number of hydrogen-bond acceptors (Lipinski definition) is 4. The molecular formula is C19H21N3O4. The van der Waals surface area contributed by atoms with E-state index in [2.05, 4.69) is 17.4 Å². The summed E-state index contributed by atoms with van der Waals surface area (Å²) in [5.41, 5.74) is 2.62. The molecule has 1 saturated heterocycles. The molecule has 1 atom stereocenters. The lowest BCUT2D eigenvalue weighted by molar-refractivity contribution is -0.384. The molecule has 0 unspecified atom stereocenters. The van der Waals surface area contributed by atoms with Crippen LogP contribution in [0, 0.1) is 17.0 Å². The molecule has 0 aromatic heterocycles. The van der Waals surface area contributed by atoms with Crippen LogP contribution in [0.25, 0.3) is 0 Å². The SMILES string of the molecule is COc1cc([N+](=O)[O-])ccc1NC(=O)N1CCC[C@@H]1c1ccc(C)cc1. The van der Waals surface area contributed by atoms with Gasteiger partial charge in [-0.1, -0.05) is 29.8 Å². The fraction of sp³-hybridized carbons (Fsp3) is 0.316. The van der Waals surface area contributed by atoms with Crippen LogP contribution in [0.1, 0.15) is 30.0 Å². The second kappa shape index (κ2) is 7.43. The molecule has 1 N–H and O–H groups in total. The van der Waals surface area contributed by atoms with E-state index in [-0.39, 0.29) is 23.5 Å². The zero-order valence-electron chi connectivity index (χ0n) is 14.8. The molecule has 1 aliphatic rings. The maximum Gasteiger partial charge on any atom is 0.322 e. The number of nitro benzene ring substituents is 1. The van der Waals surface area contributed by atoms with Gasteiger partial charge in [-0.15, -0.1) is 0 Å². The molecule has 7 nitrogen and oxygen atoms in total. The van der Waals surface area contributed by atoms with Gasteiger partial charge in [-0.05, 0) is 31.4 Å². The third-order valence-corrected chi connectivity index (χ3v) is 4.61. The number of anilines is 1. The van der Waals surface area contributed by atoms with E-state index in [1.54, 1.807) is 4.90 Å². The maximum absolute atomic E-state index is 12.8. The first kappa shape index (κ1) is 17.7. The molecule has 7 heteroatoms. The van der Waals surface area contributed by atoms with E-state index in [1.165, 1.54) is 30.9 Å². The van der Waals surface area contributed by atoms with E-state index < -0.39 is 4.92 Å². The number of ether oxygens (including phenoxy) is 1. The zero-order chi connectivity index (χ0) is 18.7. The van der Waals surface area contributed by atoms with Gasteiger partial charge in [0.2, 0.25) is 0 Å². The summed E-state index contributed by atoms with van der Waals surface area (Å²) in [5, 5.41) is 13.7. The van der Waals surface area contributed by atoms with E-state index in [0.29, 0.717) is 12.2 Å². The Morgan fingerprint density at radius 3 is 2.65 bits per heavy atom. The molecule has 2 amide bonds. The van der Waals surface area contributed by atoms with Crippen LogP contribution in [-0.4, -0.2) is 29.5 Å². The van der Waals surface area contributed by atoms with Crippen LogP contribution >= 0.6 is 0 Å². The summed E-state index contributed by atoms with van der Waals surface area (Å²) >= 11 is 0. The van der Waals surface area contributed by atoms with E-state index >= 15 is 0 Å².